The zero-order chi connectivity index (χ0) is 13.8. The molecule has 1 aromatic carbocycles. The van der Waals surface area contributed by atoms with Crippen molar-refractivity contribution >= 4 is 5.69 Å². The van der Waals surface area contributed by atoms with E-state index in [0.717, 1.165) is 12.8 Å². The van der Waals surface area contributed by atoms with Crippen molar-refractivity contribution in [2.24, 2.45) is 0 Å². The molecule has 19 heavy (non-hydrogen) atoms. The number of aromatic hydroxyl groups is 1. The number of phenols is 1. The van der Waals surface area contributed by atoms with Crippen molar-refractivity contribution in [3.8, 4) is 17.2 Å². The third kappa shape index (κ3) is 2.85. The molecule has 6 nitrogen and oxygen atoms in total. The molecule has 102 valence electrons. The lowest BCUT2D eigenvalue weighted by Gasteiger charge is -2.08. The molecule has 1 aromatic heterocycles. The number of phenolic OH excluding ortho intramolecular Hbond substituents is 1. The topological polar surface area (TPSA) is 94.4 Å². The summed E-state index contributed by atoms with van der Waals surface area (Å²) in [6, 6.07) is 4.80. The van der Waals surface area contributed by atoms with Gasteiger partial charge in [-0.3, -0.25) is 0 Å². The van der Waals surface area contributed by atoms with Crippen molar-refractivity contribution in [3.63, 3.8) is 0 Å². The third-order valence-electron chi connectivity index (χ3n) is 2.84. The molecule has 3 N–H and O–H groups in total. The molecule has 2 rings (SSSR count). The highest BCUT2D eigenvalue weighted by atomic mass is 16.5. The van der Waals surface area contributed by atoms with Crippen LogP contribution >= 0.6 is 0 Å². The van der Waals surface area contributed by atoms with Crippen LogP contribution in [0.25, 0.3) is 11.5 Å². The van der Waals surface area contributed by atoms with Crippen molar-refractivity contribution in [1.82, 2.24) is 10.1 Å². The summed E-state index contributed by atoms with van der Waals surface area (Å²) < 4.78 is 10.5. The fourth-order valence-corrected chi connectivity index (χ4v) is 1.77. The predicted octanol–water partition coefficient (Wildman–Crippen LogP) is 2.51. The van der Waals surface area contributed by atoms with Gasteiger partial charge in [-0.1, -0.05) is 18.5 Å². The molecule has 1 unspecified atom stereocenters. The molecule has 0 spiro atoms. The summed E-state index contributed by atoms with van der Waals surface area (Å²) >= 11 is 0. The van der Waals surface area contributed by atoms with Crippen LogP contribution in [0, 0.1) is 0 Å². The minimum Gasteiger partial charge on any atom is -0.506 e. The summed E-state index contributed by atoms with van der Waals surface area (Å²) in [5, 5.41) is 13.5. The first-order valence-electron chi connectivity index (χ1n) is 6.11. The Morgan fingerprint density at radius 1 is 1.47 bits per heavy atom. The SMILES string of the molecule is CCCC(OC)c1noc(-c2ccc(N)c(O)c2)n1. The molecule has 0 aliphatic rings. The van der Waals surface area contributed by atoms with Crippen LogP contribution in [0.15, 0.2) is 22.7 Å². The van der Waals surface area contributed by atoms with E-state index in [2.05, 4.69) is 17.1 Å². The summed E-state index contributed by atoms with van der Waals surface area (Å²) in [5.41, 5.74) is 6.48. The van der Waals surface area contributed by atoms with Crippen LogP contribution < -0.4 is 5.73 Å². The van der Waals surface area contributed by atoms with Crippen LogP contribution in [0.1, 0.15) is 31.7 Å². The molecule has 0 saturated heterocycles. The highest BCUT2D eigenvalue weighted by molar-refractivity contribution is 5.63. The maximum Gasteiger partial charge on any atom is 0.258 e. The number of hydrogen-bond acceptors (Lipinski definition) is 6. The smallest absolute Gasteiger partial charge is 0.258 e. The van der Waals surface area contributed by atoms with Crippen LogP contribution in [0.2, 0.25) is 0 Å². The maximum absolute atomic E-state index is 9.57. The largest absolute Gasteiger partial charge is 0.506 e. The average molecular weight is 263 g/mol. The minimum atomic E-state index is -0.176. The van der Waals surface area contributed by atoms with Crippen molar-refractivity contribution in [1.29, 1.82) is 0 Å². The Balaban J connectivity index is 2.27. The van der Waals surface area contributed by atoms with E-state index >= 15 is 0 Å². The average Bonchev–Trinajstić information content (AvgIpc) is 2.88. The summed E-state index contributed by atoms with van der Waals surface area (Å²) in [6.45, 7) is 2.06. The molecule has 0 amide bonds. The first-order chi connectivity index (χ1) is 9.15. The van der Waals surface area contributed by atoms with Gasteiger partial charge in [0, 0.05) is 12.7 Å². The van der Waals surface area contributed by atoms with Crippen LogP contribution in [0.3, 0.4) is 0 Å². The monoisotopic (exact) mass is 263 g/mol. The standard InChI is InChI=1S/C13H17N3O3/c1-3-4-11(18-2)12-15-13(19-16-12)8-5-6-9(14)10(17)7-8/h5-7,11,17H,3-4,14H2,1-2H3. The van der Waals surface area contributed by atoms with Gasteiger partial charge in [0.2, 0.25) is 5.82 Å². The number of nitrogen functional groups attached to an aromatic ring is 1. The number of methoxy groups -OCH3 is 1. The Hall–Kier alpha value is -2.08. The second kappa shape index (κ2) is 5.71. The number of nitrogens with zero attached hydrogens (tertiary/aromatic N) is 2. The molecule has 2 aromatic rings. The van der Waals surface area contributed by atoms with Gasteiger partial charge in [0.25, 0.3) is 5.89 Å². The quantitative estimate of drug-likeness (QED) is 0.635. The van der Waals surface area contributed by atoms with Gasteiger partial charge in [-0.25, -0.2) is 0 Å². The second-order valence-electron chi connectivity index (χ2n) is 4.24. The van der Waals surface area contributed by atoms with Crippen molar-refractivity contribution in [2.45, 2.75) is 25.9 Å². The molecule has 0 aliphatic heterocycles. The van der Waals surface area contributed by atoms with Crippen LogP contribution in [-0.4, -0.2) is 22.4 Å². The van der Waals surface area contributed by atoms with Gasteiger partial charge < -0.3 is 20.1 Å². The van der Waals surface area contributed by atoms with Crippen LogP contribution in [-0.2, 0) is 4.74 Å². The van der Waals surface area contributed by atoms with Crippen molar-refractivity contribution in [3.05, 3.63) is 24.0 Å². The van der Waals surface area contributed by atoms with Gasteiger partial charge in [-0.05, 0) is 24.6 Å². The Morgan fingerprint density at radius 2 is 2.26 bits per heavy atom. The lowest BCUT2D eigenvalue weighted by Crippen LogP contribution is -2.03. The summed E-state index contributed by atoms with van der Waals surface area (Å²) in [4.78, 5) is 4.29. The van der Waals surface area contributed by atoms with Crippen LogP contribution in [0.4, 0.5) is 5.69 Å². The highest BCUT2D eigenvalue weighted by Gasteiger charge is 2.18. The van der Waals surface area contributed by atoms with Gasteiger partial charge in [0.05, 0.1) is 5.69 Å². The van der Waals surface area contributed by atoms with Gasteiger partial charge in [0.1, 0.15) is 11.9 Å². The van der Waals surface area contributed by atoms with E-state index in [1.54, 1.807) is 19.2 Å². The fourth-order valence-electron chi connectivity index (χ4n) is 1.77. The number of nitrogens with two attached hydrogens (primary N) is 1. The van der Waals surface area contributed by atoms with Crippen LogP contribution in [0.5, 0.6) is 5.75 Å². The predicted molar refractivity (Wildman–Crippen MR) is 70.5 cm³/mol. The third-order valence-corrected chi connectivity index (χ3v) is 2.84. The fraction of sp³-hybridized carbons (Fsp3) is 0.385. The number of rotatable bonds is 5. The zero-order valence-corrected chi connectivity index (χ0v) is 11.0. The van der Waals surface area contributed by atoms with Gasteiger partial charge >= 0.3 is 0 Å². The van der Waals surface area contributed by atoms with E-state index < -0.39 is 0 Å². The first kappa shape index (κ1) is 13.4. The number of ether oxygens (including phenoxy) is 1. The van der Waals surface area contributed by atoms with Gasteiger partial charge in [0.15, 0.2) is 0 Å². The number of hydrogen-bond donors (Lipinski definition) is 2. The molecule has 0 fully saturated rings. The van der Waals surface area contributed by atoms with Gasteiger partial charge in [-0.2, -0.15) is 4.98 Å². The molecule has 0 aliphatic carbocycles. The highest BCUT2D eigenvalue weighted by Crippen LogP contribution is 2.28. The lowest BCUT2D eigenvalue weighted by molar-refractivity contribution is 0.0854. The Labute approximate surface area is 111 Å². The van der Waals surface area contributed by atoms with E-state index in [1.807, 2.05) is 0 Å². The molecule has 0 bridgehead atoms. The van der Waals surface area contributed by atoms with Crippen molar-refractivity contribution < 1.29 is 14.4 Å². The first-order valence-corrected chi connectivity index (χ1v) is 6.11. The summed E-state index contributed by atoms with van der Waals surface area (Å²) in [5.74, 6) is 0.841. The molecule has 0 saturated carbocycles. The molecule has 1 atom stereocenters. The molecular formula is C13H17N3O3. The molecule has 6 heteroatoms. The van der Waals surface area contributed by atoms with E-state index in [0.29, 0.717) is 23.0 Å². The molecule has 0 radical (unpaired) electrons. The summed E-state index contributed by atoms with van der Waals surface area (Å²) in [6.07, 6.45) is 1.61. The van der Waals surface area contributed by atoms with E-state index in [1.165, 1.54) is 6.07 Å². The Bertz CT molecular complexity index is 554. The normalized spacial score (nSPS) is 12.5. The molecular weight excluding hydrogens is 246 g/mol. The van der Waals surface area contributed by atoms with Crippen molar-refractivity contribution in [2.75, 3.05) is 12.8 Å². The number of anilines is 1. The van der Waals surface area contributed by atoms with Gasteiger partial charge in [-0.15, -0.1) is 0 Å². The minimum absolute atomic E-state index is 0.00546. The lowest BCUT2D eigenvalue weighted by atomic mass is 10.2. The maximum atomic E-state index is 9.57. The van der Waals surface area contributed by atoms with E-state index in [4.69, 9.17) is 15.0 Å². The summed E-state index contributed by atoms with van der Waals surface area (Å²) in [7, 11) is 1.62. The Morgan fingerprint density at radius 3 is 2.89 bits per heavy atom. The van der Waals surface area contributed by atoms with E-state index in [9.17, 15) is 5.11 Å². The second-order valence-corrected chi connectivity index (χ2v) is 4.24. The van der Waals surface area contributed by atoms with E-state index in [-0.39, 0.29) is 11.9 Å². The number of benzene rings is 1. The zero-order valence-electron chi connectivity index (χ0n) is 11.0. The Kier molecular flexibility index (Phi) is 4.01. The molecule has 1 heterocycles. The number of aromatic nitrogens is 2.